The van der Waals surface area contributed by atoms with Crippen LogP contribution < -0.4 is 10.1 Å². The van der Waals surface area contributed by atoms with Gasteiger partial charge in [-0.3, -0.25) is 4.79 Å². The van der Waals surface area contributed by atoms with Gasteiger partial charge >= 0.3 is 5.97 Å². The molecule has 0 aliphatic heterocycles. The molecule has 0 heterocycles. The first kappa shape index (κ1) is 22.5. The summed E-state index contributed by atoms with van der Waals surface area (Å²) in [4.78, 5) is 23.3. The molecule has 0 saturated heterocycles. The first-order valence-electron chi connectivity index (χ1n) is 9.29. The lowest BCUT2D eigenvalue weighted by atomic mass is 10.1. The summed E-state index contributed by atoms with van der Waals surface area (Å²) in [6, 6.07) is 18.3. The minimum atomic E-state index is -1.08. The molecule has 32 heavy (non-hydrogen) atoms. The van der Waals surface area contributed by atoms with Crippen LogP contribution in [0.25, 0.3) is 6.08 Å². The minimum Gasteiger partial charge on any atom is -0.489 e. The van der Waals surface area contributed by atoms with Gasteiger partial charge in [0.2, 0.25) is 0 Å². The zero-order valence-corrected chi connectivity index (χ0v) is 17.3. The Morgan fingerprint density at radius 1 is 1.09 bits per heavy atom. The van der Waals surface area contributed by atoms with E-state index in [1.165, 1.54) is 42.5 Å². The predicted molar refractivity (Wildman–Crippen MR) is 118 cm³/mol. The van der Waals surface area contributed by atoms with Crippen LogP contribution in [0.5, 0.6) is 5.75 Å². The maximum atomic E-state index is 13.8. The first-order valence-corrected chi connectivity index (χ1v) is 9.67. The van der Waals surface area contributed by atoms with Gasteiger partial charge in [0.15, 0.2) is 0 Å². The summed E-state index contributed by atoms with van der Waals surface area (Å²) in [6.45, 7) is -0.0484. The number of carboxylic acids is 1. The summed E-state index contributed by atoms with van der Waals surface area (Å²) in [5, 5.41) is 21.1. The zero-order chi connectivity index (χ0) is 23.1. The number of carboxylic acid groups (broad SMARTS) is 1. The Morgan fingerprint density at radius 2 is 1.78 bits per heavy atom. The van der Waals surface area contributed by atoms with Crippen molar-refractivity contribution in [1.82, 2.24) is 0 Å². The number of halogens is 2. The van der Waals surface area contributed by atoms with Gasteiger partial charge in [0, 0.05) is 11.3 Å². The van der Waals surface area contributed by atoms with Crippen molar-refractivity contribution < 1.29 is 23.8 Å². The van der Waals surface area contributed by atoms with Crippen LogP contribution in [0.2, 0.25) is 5.02 Å². The van der Waals surface area contributed by atoms with E-state index in [2.05, 4.69) is 5.32 Å². The second-order valence-corrected chi connectivity index (χ2v) is 6.97. The van der Waals surface area contributed by atoms with Gasteiger partial charge in [-0.25, -0.2) is 9.18 Å². The van der Waals surface area contributed by atoms with Crippen molar-refractivity contribution in [3.8, 4) is 11.8 Å². The molecule has 0 atom stereocenters. The number of anilines is 1. The number of carbonyl (C=O) groups excluding carboxylic acids is 1. The van der Waals surface area contributed by atoms with E-state index < -0.39 is 17.7 Å². The highest BCUT2D eigenvalue weighted by Crippen LogP contribution is 2.22. The number of benzene rings is 3. The van der Waals surface area contributed by atoms with E-state index in [0.717, 1.165) is 0 Å². The lowest BCUT2D eigenvalue weighted by Crippen LogP contribution is -2.13. The number of carbonyl (C=O) groups is 2. The van der Waals surface area contributed by atoms with Gasteiger partial charge in [-0.2, -0.15) is 5.26 Å². The third-order valence-electron chi connectivity index (χ3n) is 4.39. The SMILES string of the molecule is N#CC(=Cc1ccc(OCc2c(F)cccc2Cl)cc1)C(=O)Nc1ccc(C(=O)O)cc1. The quantitative estimate of drug-likeness (QED) is 0.375. The summed E-state index contributed by atoms with van der Waals surface area (Å²) in [6.07, 6.45) is 1.40. The summed E-state index contributed by atoms with van der Waals surface area (Å²) in [5.74, 6) is -1.71. The molecule has 8 heteroatoms. The molecule has 0 unspecified atom stereocenters. The normalized spacial score (nSPS) is 10.8. The number of rotatable bonds is 7. The fourth-order valence-corrected chi connectivity index (χ4v) is 2.91. The van der Waals surface area contributed by atoms with Crippen LogP contribution in [0, 0.1) is 17.1 Å². The minimum absolute atomic E-state index is 0.0484. The van der Waals surface area contributed by atoms with E-state index >= 15 is 0 Å². The van der Waals surface area contributed by atoms with Gasteiger partial charge in [0.05, 0.1) is 10.6 Å². The Morgan fingerprint density at radius 3 is 2.38 bits per heavy atom. The van der Waals surface area contributed by atoms with Gasteiger partial charge in [-0.1, -0.05) is 29.8 Å². The van der Waals surface area contributed by atoms with Crippen molar-refractivity contribution in [2.75, 3.05) is 5.32 Å². The number of amides is 1. The Kier molecular flexibility index (Phi) is 7.21. The zero-order valence-electron chi connectivity index (χ0n) is 16.5. The molecular weight excluding hydrogens is 435 g/mol. The average Bonchev–Trinajstić information content (AvgIpc) is 2.78. The van der Waals surface area contributed by atoms with Crippen molar-refractivity contribution in [2.45, 2.75) is 6.61 Å². The average molecular weight is 451 g/mol. The topological polar surface area (TPSA) is 99.4 Å². The maximum Gasteiger partial charge on any atom is 0.335 e. The van der Waals surface area contributed by atoms with E-state index in [1.54, 1.807) is 30.3 Å². The maximum absolute atomic E-state index is 13.8. The molecule has 0 radical (unpaired) electrons. The molecule has 3 rings (SSSR count). The third-order valence-corrected chi connectivity index (χ3v) is 4.74. The molecule has 0 fully saturated rings. The van der Waals surface area contributed by atoms with Crippen molar-refractivity contribution in [2.24, 2.45) is 0 Å². The molecule has 0 spiro atoms. The second kappa shape index (κ2) is 10.2. The summed E-state index contributed by atoms with van der Waals surface area (Å²) in [7, 11) is 0. The number of hydrogen-bond acceptors (Lipinski definition) is 4. The lowest BCUT2D eigenvalue weighted by molar-refractivity contribution is -0.112. The molecule has 3 aromatic carbocycles. The number of nitriles is 1. The number of ether oxygens (including phenoxy) is 1. The fraction of sp³-hybridized carbons (Fsp3) is 0.0417. The number of nitrogens with one attached hydrogen (secondary N) is 1. The van der Waals surface area contributed by atoms with Crippen LogP contribution in [0.15, 0.2) is 72.3 Å². The second-order valence-electron chi connectivity index (χ2n) is 6.56. The highest BCUT2D eigenvalue weighted by Gasteiger charge is 2.11. The fourth-order valence-electron chi connectivity index (χ4n) is 2.70. The van der Waals surface area contributed by atoms with Gasteiger partial charge in [-0.15, -0.1) is 0 Å². The molecule has 0 bridgehead atoms. The van der Waals surface area contributed by atoms with E-state index in [-0.39, 0.29) is 28.3 Å². The van der Waals surface area contributed by atoms with Crippen molar-refractivity contribution in [1.29, 1.82) is 5.26 Å². The molecule has 1 amide bonds. The van der Waals surface area contributed by atoms with Crippen LogP contribution in [0.3, 0.4) is 0 Å². The number of aromatic carboxylic acids is 1. The number of nitrogens with zero attached hydrogens (tertiary/aromatic N) is 1. The summed E-state index contributed by atoms with van der Waals surface area (Å²) >= 11 is 5.98. The molecule has 0 aliphatic carbocycles. The molecule has 0 aromatic heterocycles. The van der Waals surface area contributed by atoms with Crippen molar-refractivity contribution in [3.05, 3.63) is 99.8 Å². The van der Waals surface area contributed by atoms with E-state index in [0.29, 0.717) is 17.0 Å². The van der Waals surface area contributed by atoms with Gasteiger partial charge in [-0.05, 0) is 60.2 Å². The van der Waals surface area contributed by atoms with Crippen LogP contribution >= 0.6 is 11.6 Å². The summed E-state index contributed by atoms with van der Waals surface area (Å²) in [5.41, 5.74) is 1.13. The number of hydrogen-bond donors (Lipinski definition) is 2. The highest BCUT2D eigenvalue weighted by molar-refractivity contribution is 6.31. The van der Waals surface area contributed by atoms with Crippen LogP contribution in [-0.2, 0) is 11.4 Å². The molecule has 3 aromatic rings. The molecule has 0 aliphatic rings. The van der Waals surface area contributed by atoms with Gasteiger partial charge < -0.3 is 15.2 Å². The van der Waals surface area contributed by atoms with Gasteiger partial charge in [0.25, 0.3) is 5.91 Å². The van der Waals surface area contributed by atoms with Crippen molar-refractivity contribution >= 4 is 35.2 Å². The van der Waals surface area contributed by atoms with Gasteiger partial charge in [0.1, 0.15) is 29.8 Å². The predicted octanol–water partition coefficient (Wildman–Crippen LogP) is 5.30. The van der Waals surface area contributed by atoms with Crippen LogP contribution in [0.1, 0.15) is 21.5 Å². The molecular formula is C24H16ClFN2O4. The molecule has 0 saturated carbocycles. The van der Waals surface area contributed by atoms with Crippen molar-refractivity contribution in [3.63, 3.8) is 0 Å². The summed E-state index contributed by atoms with van der Waals surface area (Å²) < 4.78 is 19.4. The van der Waals surface area contributed by atoms with E-state index in [1.807, 2.05) is 6.07 Å². The Balaban J connectivity index is 1.66. The third kappa shape index (κ3) is 5.72. The molecule has 6 nitrogen and oxygen atoms in total. The first-order chi connectivity index (χ1) is 15.4. The Bertz CT molecular complexity index is 1200. The van der Waals surface area contributed by atoms with E-state index in [4.69, 9.17) is 21.4 Å². The lowest BCUT2D eigenvalue weighted by Gasteiger charge is -2.09. The Hall–Kier alpha value is -4.15. The molecule has 160 valence electrons. The smallest absolute Gasteiger partial charge is 0.335 e. The Labute approximate surface area is 188 Å². The largest absolute Gasteiger partial charge is 0.489 e. The highest BCUT2D eigenvalue weighted by atomic mass is 35.5. The monoisotopic (exact) mass is 450 g/mol. The molecule has 2 N–H and O–H groups in total. The standard InChI is InChI=1S/C24H16ClFN2O4/c25-21-2-1-3-22(26)20(21)14-32-19-10-4-15(5-11-19)12-17(13-27)23(29)28-18-8-6-16(7-9-18)24(30)31/h1-12H,14H2,(H,28,29)(H,30,31). The van der Waals surface area contributed by atoms with Crippen LogP contribution in [-0.4, -0.2) is 17.0 Å². The van der Waals surface area contributed by atoms with E-state index in [9.17, 15) is 19.2 Å². The van der Waals surface area contributed by atoms with Crippen LogP contribution in [0.4, 0.5) is 10.1 Å².